The van der Waals surface area contributed by atoms with Crippen LogP contribution in [0.1, 0.15) is 21.5 Å². The molecule has 10 nitrogen and oxygen atoms in total. The lowest BCUT2D eigenvalue weighted by atomic mass is 10.1. The molecule has 1 aliphatic rings. The van der Waals surface area contributed by atoms with Gasteiger partial charge < -0.3 is 19.7 Å². The van der Waals surface area contributed by atoms with Crippen LogP contribution < -0.4 is 19.7 Å². The predicted octanol–water partition coefficient (Wildman–Crippen LogP) is 3.95. The third kappa shape index (κ3) is 5.56. The number of methoxy groups -OCH3 is 1. The van der Waals surface area contributed by atoms with E-state index in [0.29, 0.717) is 20.6 Å². The topological polar surface area (TPSA) is 142 Å². The number of anilines is 1. The van der Waals surface area contributed by atoms with Crippen LogP contribution in [0.15, 0.2) is 66.2 Å². The third-order valence-electron chi connectivity index (χ3n) is 5.36. The lowest BCUT2D eigenvalue weighted by molar-refractivity contribution is -0.122. The first-order chi connectivity index (χ1) is 17.7. The molecule has 4 rings (SSSR count). The molecule has 0 spiro atoms. The number of rotatable bonds is 7. The number of benzene rings is 3. The molecule has 1 aliphatic heterocycles. The van der Waals surface area contributed by atoms with E-state index in [1.807, 2.05) is 22.6 Å². The van der Waals surface area contributed by atoms with E-state index < -0.39 is 23.8 Å². The van der Waals surface area contributed by atoms with Crippen molar-refractivity contribution in [3.8, 4) is 17.2 Å². The molecule has 0 aromatic heterocycles. The van der Waals surface area contributed by atoms with Crippen LogP contribution in [0.25, 0.3) is 6.08 Å². The number of nitrogens with one attached hydrogen (secondary N) is 1. The van der Waals surface area contributed by atoms with Gasteiger partial charge >= 0.3 is 12.0 Å². The number of carbonyl (C=O) groups excluding carboxylic acids is 3. The van der Waals surface area contributed by atoms with E-state index in [1.54, 1.807) is 24.3 Å². The Morgan fingerprint density at radius 1 is 1.05 bits per heavy atom. The predicted molar refractivity (Wildman–Crippen MR) is 141 cm³/mol. The van der Waals surface area contributed by atoms with Gasteiger partial charge in [0.25, 0.3) is 11.8 Å². The highest BCUT2D eigenvalue weighted by Crippen LogP contribution is 2.35. The van der Waals surface area contributed by atoms with Crippen LogP contribution in [0, 0.1) is 3.57 Å². The van der Waals surface area contributed by atoms with Crippen LogP contribution in [0.5, 0.6) is 17.2 Å². The minimum absolute atomic E-state index is 0.0401. The molecule has 188 valence electrons. The van der Waals surface area contributed by atoms with Gasteiger partial charge in [-0.1, -0.05) is 12.1 Å². The number of halogens is 1. The Hall–Kier alpha value is -4.39. The number of hydrogen-bond acceptors (Lipinski definition) is 7. The number of amides is 4. The minimum Gasteiger partial charge on any atom is -0.508 e. The number of phenols is 1. The van der Waals surface area contributed by atoms with E-state index >= 15 is 0 Å². The number of ether oxygens (including phenoxy) is 2. The Labute approximate surface area is 224 Å². The van der Waals surface area contributed by atoms with E-state index in [-0.39, 0.29) is 29.2 Å². The standard InChI is InChI=1S/C26H19IN2O8/c1-36-21-12-15(11-20(27)22(21)37-13-14-2-4-16(5-3-14)25(33)34)10-19-23(31)28-26(35)29(24(19)32)17-6-8-18(30)9-7-17/h2-12,30H,13H2,1H3,(H,33,34)(H,28,31,35)/b19-10+. The van der Waals surface area contributed by atoms with Crippen LogP contribution >= 0.6 is 22.6 Å². The van der Waals surface area contributed by atoms with Crippen LogP contribution in [0.2, 0.25) is 0 Å². The Morgan fingerprint density at radius 3 is 2.35 bits per heavy atom. The van der Waals surface area contributed by atoms with Gasteiger partial charge in [0, 0.05) is 0 Å². The van der Waals surface area contributed by atoms with Crippen molar-refractivity contribution in [3.63, 3.8) is 0 Å². The Morgan fingerprint density at radius 2 is 1.73 bits per heavy atom. The number of carboxylic acids is 1. The zero-order valence-corrected chi connectivity index (χ0v) is 21.4. The molecule has 37 heavy (non-hydrogen) atoms. The van der Waals surface area contributed by atoms with Crippen LogP contribution in [0.4, 0.5) is 10.5 Å². The number of nitrogens with zero attached hydrogens (tertiary/aromatic N) is 1. The maximum absolute atomic E-state index is 13.1. The Kier molecular flexibility index (Phi) is 7.43. The van der Waals surface area contributed by atoms with Gasteiger partial charge in [-0.3, -0.25) is 14.9 Å². The molecule has 0 atom stereocenters. The molecular weight excluding hydrogens is 595 g/mol. The molecule has 4 amide bonds. The van der Waals surface area contributed by atoms with Gasteiger partial charge in [-0.2, -0.15) is 0 Å². The summed E-state index contributed by atoms with van der Waals surface area (Å²) in [6.45, 7) is 0.150. The molecule has 3 aromatic rings. The van der Waals surface area contributed by atoms with Gasteiger partial charge in [-0.15, -0.1) is 0 Å². The normalized spacial score (nSPS) is 14.5. The molecule has 11 heteroatoms. The third-order valence-corrected chi connectivity index (χ3v) is 6.16. The van der Waals surface area contributed by atoms with Crippen molar-refractivity contribution in [2.45, 2.75) is 6.61 Å². The molecule has 0 bridgehead atoms. The maximum atomic E-state index is 13.1. The van der Waals surface area contributed by atoms with E-state index in [9.17, 15) is 24.3 Å². The largest absolute Gasteiger partial charge is 0.508 e. The molecule has 0 radical (unpaired) electrons. The molecule has 1 heterocycles. The first-order valence-corrected chi connectivity index (χ1v) is 11.8. The molecule has 0 aliphatic carbocycles. The summed E-state index contributed by atoms with van der Waals surface area (Å²) in [5.41, 5.74) is 1.29. The van der Waals surface area contributed by atoms with Gasteiger partial charge in [0.15, 0.2) is 11.5 Å². The summed E-state index contributed by atoms with van der Waals surface area (Å²) in [6, 6.07) is 14.0. The second-order valence-electron chi connectivity index (χ2n) is 7.80. The SMILES string of the molecule is COc1cc(/C=C2\C(=O)NC(=O)N(c3ccc(O)cc3)C2=O)cc(I)c1OCc1ccc(C(=O)O)cc1. The average Bonchev–Trinajstić information content (AvgIpc) is 2.87. The molecule has 0 unspecified atom stereocenters. The van der Waals surface area contributed by atoms with Crippen molar-refractivity contribution in [1.29, 1.82) is 0 Å². The molecule has 3 N–H and O–H groups in total. The summed E-state index contributed by atoms with van der Waals surface area (Å²) in [5.74, 6) is -1.96. The molecule has 1 fully saturated rings. The van der Waals surface area contributed by atoms with Gasteiger partial charge in [-0.25, -0.2) is 14.5 Å². The highest BCUT2D eigenvalue weighted by molar-refractivity contribution is 14.1. The Balaban J connectivity index is 1.60. The van der Waals surface area contributed by atoms with Crippen LogP contribution in [-0.2, 0) is 16.2 Å². The van der Waals surface area contributed by atoms with Crippen molar-refractivity contribution < 1.29 is 38.9 Å². The fourth-order valence-corrected chi connectivity index (χ4v) is 4.30. The van der Waals surface area contributed by atoms with Crippen molar-refractivity contribution in [1.82, 2.24) is 5.32 Å². The number of urea groups is 1. The van der Waals surface area contributed by atoms with Gasteiger partial charge in [-0.05, 0) is 88.3 Å². The fraction of sp³-hybridized carbons (Fsp3) is 0.0769. The van der Waals surface area contributed by atoms with E-state index in [0.717, 1.165) is 10.5 Å². The van der Waals surface area contributed by atoms with Crippen molar-refractivity contribution in [2.75, 3.05) is 12.0 Å². The number of carboxylic acid groups (broad SMARTS) is 1. The average molecular weight is 614 g/mol. The Bertz CT molecular complexity index is 1430. The molecule has 0 saturated carbocycles. The number of aromatic carboxylic acids is 1. The van der Waals surface area contributed by atoms with E-state index in [1.165, 1.54) is 49.6 Å². The number of barbiturate groups is 1. The highest BCUT2D eigenvalue weighted by Gasteiger charge is 2.36. The monoisotopic (exact) mass is 614 g/mol. The summed E-state index contributed by atoms with van der Waals surface area (Å²) in [6.07, 6.45) is 1.34. The zero-order chi connectivity index (χ0) is 26.7. The van der Waals surface area contributed by atoms with Crippen molar-refractivity contribution >= 4 is 58.2 Å². The minimum atomic E-state index is -1.02. The summed E-state index contributed by atoms with van der Waals surface area (Å²) in [4.78, 5) is 49.8. The number of imide groups is 2. The quantitative estimate of drug-likeness (QED) is 0.206. The van der Waals surface area contributed by atoms with Gasteiger partial charge in [0.05, 0.1) is 21.9 Å². The number of phenolic OH excluding ortho intramolecular Hbond substituents is 1. The van der Waals surface area contributed by atoms with E-state index in [4.69, 9.17) is 14.6 Å². The highest BCUT2D eigenvalue weighted by atomic mass is 127. The lowest BCUT2D eigenvalue weighted by Gasteiger charge is -2.26. The lowest BCUT2D eigenvalue weighted by Crippen LogP contribution is -2.54. The van der Waals surface area contributed by atoms with Crippen molar-refractivity contribution in [3.05, 3.63) is 86.5 Å². The maximum Gasteiger partial charge on any atom is 0.335 e. The fourth-order valence-electron chi connectivity index (χ4n) is 3.52. The van der Waals surface area contributed by atoms with E-state index in [2.05, 4.69) is 5.32 Å². The number of hydrogen-bond donors (Lipinski definition) is 3. The summed E-state index contributed by atoms with van der Waals surface area (Å²) >= 11 is 2.03. The summed E-state index contributed by atoms with van der Waals surface area (Å²) in [7, 11) is 1.44. The van der Waals surface area contributed by atoms with Gasteiger partial charge in [0.1, 0.15) is 17.9 Å². The smallest absolute Gasteiger partial charge is 0.335 e. The number of aromatic hydroxyl groups is 1. The summed E-state index contributed by atoms with van der Waals surface area (Å²) in [5, 5.41) is 20.7. The summed E-state index contributed by atoms with van der Waals surface area (Å²) < 4.78 is 12.0. The van der Waals surface area contributed by atoms with Crippen molar-refractivity contribution in [2.24, 2.45) is 0 Å². The second-order valence-corrected chi connectivity index (χ2v) is 8.96. The second kappa shape index (κ2) is 10.7. The first kappa shape index (κ1) is 25.7. The molecule has 3 aromatic carbocycles. The first-order valence-electron chi connectivity index (χ1n) is 10.7. The van der Waals surface area contributed by atoms with Gasteiger partial charge in [0.2, 0.25) is 0 Å². The van der Waals surface area contributed by atoms with Crippen LogP contribution in [-0.4, -0.2) is 41.1 Å². The number of carbonyl (C=O) groups is 4. The molecular formula is C26H19IN2O8. The van der Waals surface area contributed by atoms with Crippen LogP contribution in [0.3, 0.4) is 0 Å². The zero-order valence-electron chi connectivity index (χ0n) is 19.2. The molecule has 1 saturated heterocycles.